The minimum atomic E-state index is -1.09. The predicted octanol–water partition coefficient (Wildman–Crippen LogP) is 4.65. The first-order valence-electron chi connectivity index (χ1n) is 27.6. The summed E-state index contributed by atoms with van der Waals surface area (Å²) in [5.74, 6) is 8.78. The average molecular weight is 1100 g/mol. The van der Waals surface area contributed by atoms with Crippen LogP contribution in [0.5, 0.6) is 0 Å². The molecule has 4 aromatic rings. The van der Waals surface area contributed by atoms with Gasteiger partial charge in [-0.3, -0.25) is 24.5 Å². The third kappa shape index (κ3) is 19.1. The van der Waals surface area contributed by atoms with Crippen molar-refractivity contribution in [2.75, 3.05) is 53.5 Å². The number of aryl methyl sites for hydroxylation is 1. The van der Waals surface area contributed by atoms with Crippen molar-refractivity contribution in [3.8, 4) is 23.7 Å². The van der Waals surface area contributed by atoms with Gasteiger partial charge in [0, 0.05) is 32.1 Å². The van der Waals surface area contributed by atoms with E-state index in [1.807, 2.05) is 72.8 Å². The van der Waals surface area contributed by atoms with Gasteiger partial charge in [0.05, 0.1) is 48.1 Å². The van der Waals surface area contributed by atoms with E-state index in [9.17, 15) is 28.8 Å². The van der Waals surface area contributed by atoms with Crippen LogP contribution in [0.25, 0.3) is 0 Å². The quantitative estimate of drug-likeness (QED) is 0.0227. The molecule has 5 N–H and O–H groups in total. The van der Waals surface area contributed by atoms with Crippen LogP contribution in [0, 0.1) is 23.7 Å². The molecule has 0 aliphatic carbocycles. The summed E-state index contributed by atoms with van der Waals surface area (Å²) in [6, 6.07) is 33.6. The Bertz CT molecular complexity index is 2550. The van der Waals surface area contributed by atoms with Crippen molar-refractivity contribution in [1.29, 1.82) is 0 Å². The van der Waals surface area contributed by atoms with E-state index in [2.05, 4.69) is 50.3 Å². The van der Waals surface area contributed by atoms with Crippen molar-refractivity contribution in [2.45, 2.75) is 127 Å². The second-order valence-corrected chi connectivity index (χ2v) is 20.0. The number of benzene rings is 4. The van der Waals surface area contributed by atoms with Crippen molar-refractivity contribution in [3.63, 3.8) is 0 Å². The number of likely N-dealkylation sites (N-methyl/N-ethyl adjacent to an activating group) is 2. The van der Waals surface area contributed by atoms with Gasteiger partial charge in [0.2, 0.25) is 23.6 Å². The van der Waals surface area contributed by atoms with E-state index in [0.29, 0.717) is 75.7 Å². The summed E-state index contributed by atoms with van der Waals surface area (Å²) in [4.78, 5) is 91.6. The summed E-state index contributed by atoms with van der Waals surface area (Å²) in [6.45, 7) is 8.05. The lowest BCUT2D eigenvalue weighted by Gasteiger charge is -2.34. The summed E-state index contributed by atoms with van der Waals surface area (Å²) in [5, 5.41) is 16.7. The molecule has 9 atom stereocenters. The van der Waals surface area contributed by atoms with E-state index in [1.54, 1.807) is 105 Å². The number of esters is 1. The first-order valence-corrected chi connectivity index (χ1v) is 27.6. The van der Waals surface area contributed by atoms with Crippen LogP contribution in [0.15, 0.2) is 121 Å². The number of carbonyl (C=O) groups is 6. The Morgan fingerprint density at radius 3 is 1.59 bits per heavy atom. The largest absolute Gasteiger partial charge is 0.443 e. The zero-order chi connectivity index (χ0) is 57.2. The van der Waals surface area contributed by atoms with Crippen LogP contribution in [-0.4, -0.2) is 159 Å². The maximum atomic E-state index is 14.5. The monoisotopic (exact) mass is 1090 g/mol. The Labute approximate surface area is 471 Å². The summed E-state index contributed by atoms with van der Waals surface area (Å²) in [7, 11) is 3.31. The molecule has 6 rings (SSSR count). The maximum Gasteiger partial charge on any atom is 0.357 e. The lowest BCUT2D eigenvalue weighted by molar-refractivity contribution is -0.146. The molecule has 2 aliphatic rings. The van der Waals surface area contributed by atoms with Crippen LogP contribution in [0.4, 0.5) is 0 Å². The minimum Gasteiger partial charge on any atom is -0.443 e. The Morgan fingerprint density at radius 2 is 1.06 bits per heavy atom. The van der Waals surface area contributed by atoms with Crippen molar-refractivity contribution >= 4 is 35.6 Å². The van der Waals surface area contributed by atoms with Crippen LogP contribution in [-0.2, 0) is 51.1 Å². The number of nitrogens with one attached hydrogen (secondary N) is 5. The smallest absolute Gasteiger partial charge is 0.357 e. The number of nitrogens with zero attached hydrogens (tertiary/aromatic N) is 3. The second kappa shape index (κ2) is 32.6. The molecule has 2 aliphatic heterocycles. The number of hydrogen-bond donors (Lipinski definition) is 5. The van der Waals surface area contributed by atoms with Crippen molar-refractivity contribution in [1.82, 2.24) is 41.4 Å². The van der Waals surface area contributed by atoms with Crippen LogP contribution < -0.4 is 26.6 Å². The molecule has 426 valence electrons. The number of likely N-dealkylation sites (tertiary alicyclic amines) is 2. The lowest BCUT2D eigenvalue weighted by atomic mass is 10.1. The normalized spacial score (nSPS) is 17.5. The Morgan fingerprint density at radius 1 is 0.600 bits per heavy atom. The fourth-order valence-corrected chi connectivity index (χ4v) is 9.31. The fourth-order valence-electron chi connectivity index (χ4n) is 9.31. The molecule has 2 fully saturated rings. The summed E-state index contributed by atoms with van der Waals surface area (Å²) in [5.41, 5.74) is 2.97. The molecule has 0 bridgehead atoms. The third-order valence-electron chi connectivity index (χ3n) is 14.3. The van der Waals surface area contributed by atoms with E-state index in [0.717, 1.165) is 11.1 Å². The highest BCUT2D eigenvalue weighted by Crippen LogP contribution is 2.23. The number of hydroxylamine groups is 2. The Kier molecular flexibility index (Phi) is 25.2. The SMILES string of the molecule is CN[C@@H](C)C(=O)N[C@H](C(=O)N1CCC[C@H]1CN(CCc1ccccc1)OC(=O)c1ccccc1)[C@@H](C)OCC#CC#CCO[C@H](C)[C@H](NC(=O)[C@H](C)NC)C(=O)N1CCC[C@H]1NC(CCc1ccccc1)OC(=O)c1ccccc1. The van der Waals surface area contributed by atoms with Crippen LogP contribution in [0.3, 0.4) is 0 Å². The molecule has 80 heavy (non-hydrogen) atoms. The average Bonchev–Trinajstić information content (AvgIpc) is 4.19. The summed E-state index contributed by atoms with van der Waals surface area (Å²) in [6.07, 6.45) is 1.49. The van der Waals surface area contributed by atoms with Crippen molar-refractivity contribution in [2.24, 2.45) is 0 Å². The third-order valence-corrected chi connectivity index (χ3v) is 14.3. The van der Waals surface area contributed by atoms with E-state index >= 15 is 0 Å². The van der Waals surface area contributed by atoms with Gasteiger partial charge in [0.25, 0.3) is 0 Å². The first-order chi connectivity index (χ1) is 38.8. The molecule has 0 spiro atoms. The predicted molar refractivity (Wildman–Crippen MR) is 304 cm³/mol. The van der Waals surface area contributed by atoms with E-state index < -0.39 is 66.6 Å². The number of hydrogen-bond acceptors (Lipinski definition) is 14. The van der Waals surface area contributed by atoms with Gasteiger partial charge in [0.15, 0.2) is 6.23 Å². The number of carbonyl (C=O) groups excluding carboxylic acids is 6. The molecule has 4 amide bonds. The van der Waals surface area contributed by atoms with Crippen molar-refractivity contribution < 1.29 is 47.8 Å². The van der Waals surface area contributed by atoms with Gasteiger partial charge in [-0.05, 0) is 128 Å². The lowest BCUT2D eigenvalue weighted by Crippen LogP contribution is -2.60. The summed E-state index contributed by atoms with van der Waals surface area (Å²) >= 11 is 0. The molecule has 18 heteroatoms. The van der Waals surface area contributed by atoms with Gasteiger partial charge in [-0.1, -0.05) is 109 Å². The minimum absolute atomic E-state index is 0.115. The van der Waals surface area contributed by atoms with Gasteiger partial charge >= 0.3 is 11.9 Å². The number of ether oxygens (including phenoxy) is 3. The maximum absolute atomic E-state index is 14.5. The Balaban J connectivity index is 1.07. The van der Waals surface area contributed by atoms with Crippen LogP contribution in [0.1, 0.15) is 91.6 Å². The molecule has 0 radical (unpaired) electrons. The molecule has 2 heterocycles. The standard InChI is InChI=1S/C62H78N8O10/c1-44(63-5)57(71)66-55(59(73)69-38-23-33-52(69)43-68(40-37-49-27-15-10-16-28-49)80-62(76)51-31-19-12-20-32-51)46(3)77-41-21-7-8-22-42-78-47(4)56(67-58(72)45(2)64-6)60(74)70-39-24-34-53(70)65-54(36-35-48-25-13-9-14-26-48)79-61(75)50-29-17-11-18-30-50/h9-20,25-32,44-47,52-56,63-65H,23-24,33-43H2,1-6H3,(H,66,71)(H,67,72)/t44-,45-,46+,47+,52-,53-,54?,55-,56-/m0/s1. The van der Waals surface area contributed by atoms with Crippen LogP contribution in [0.2, 0.25) is 0 Å². The molecular weight excluding hydrogens is 1020 g/mol. The highest BCUT2D eigenvalue weighted by molar-refractivity contribution is 5.92. The van der Waals surface area contributed by atoms with Crippen molar-refractivity contribution in [3.05, 3.63) is 144 Å². The fraction of sp³-hybridized carbons (Fsp3) is 0.452. The first kappa shape index (κ1) is 61.8. The number of rotatable bonds is 28. The zero-order valence-corrected chi connectivity index (χ0v) is 46.9. The molecule has 0 aromatic heterocycles. The molecule has 4 aromatic carbocycles. The Hall–Kier alpha value is -7.42. The van der Waals surface area contributed by atoms with E-state index in [-0.39, 0.29) is 43.5 Å². The van der Waals surface area contributed by atoms with E-state index in [4.69, 9.17) is 19.0 Å². The van der Waals surface area contributed by atoms with Gasteiger partial charge < -0.3 is 50.1 Å². The number of amides is 4. The molecular formula is C62H78N8O10. The van der Waals surface area contributed by atoms with Crippen LogP contribution >= 0.6 is 0 Å². The summed E-state index contributed by atoms with van der Waals surface area (Å²) < 4.78 is 18.2. The van der Waals surface area contributed by atoms with Gasteiger partial charge in [-0.25, -0.2) is 9.59 Å². The molecule has 1 unspecified atom stereocenters. The van der Waals surface area contributed by atoms with Gasteiger partial charge in [-0.2, -0.15) is 0 Å². The zero-order valence-electron chi connectivity index (χ0n) is 46.9. The van der Waals surface area contributed by atoms with Gasteiger partial charge in [0.1, 0.15) is 25.3 Å². The van der Waals surface area contributed by atoms with Gasteiger partial charge in [-0.15, -0.1) is 5.06 Å². The van der Waals surface area contributed by atoms with E-state index in [1.165, 1.54) is 0 Å². The molecule has 0 saturated carbocycles. The topological polar surface area (TPSA) is 209 Å². The molecule has 18 nitrogen and oxygen atoms in total. The highest BCUT2D eigenvalue weighted by Gasteiger charge is 2.40. The second-order valence-electron chi connectivity index (χ2n) is 20.0. The molecule has 2 saturated heterocycles. The highest BCUT2D eigenvalue weighted by atomic mass is 16.7.